The first-order valence-electron chi connectivity index (χ1n) is 7.42. The summed E-state index contributed by atoms with van der Waals surface area (Å²) in [5.41, 5.74) is 3.23. The number of carbonyl (C=O) groups excluding carboxylic acids is 1. The molecule has 2 atom stereocenters. The summed E-state index contributed by atoms with van der Waals surface area (Å²) < 4.78 is 5.78. The third-order valence-corrected chi connectivity index (χ3v) is 4.65. The number of rotatable bonds is 2. The molecule has 0 aliphatic carbocycles. The fourth-order valence-corrected chi connectivity index (χ4v) is 3.31. The highest BCUT2D eigenvalue weighted by Crippen LogP contribution is 2.34. The molecule has 108 valence electrons. The molecule has 0 spiro atoms. The van der Waals surface area contributed by atoms with Crippen molar-refractivity contribution in [2.75, 3.05) is 11.9 Å². The van der Waals surface area contributed by atoms with Crippen molar-refractivity contribution in [1.29, 1.82) is 0 Å². The number of aryl methyl sites for hydroxylation is 1. The quantitative estimate of drug-likeness (QED) is 0.842. The fourth-order valence-electron chi connectivity index (χ4n) is 2.98. The van der Waals surface area contributed by atoms with Gasteiger partial charge in [0.25, 0.3) is 0 Å². The number of hydrogen-bond donors (Lipinski definition) is 1. The van der Waals surface area contributed by atoms with Crippen LogP contribution in [0, 0.1) is 0 Å². The fraction of sp³-hybridized carbons (Fsp3) is 0.562. The van der Waals surface area contributed by atoms with Gasteiger partial charge in [-0.2, -0.15) is 0 Å². The van der Waals surface area contributed by atoms with E-state index in [-0.39, 0.29) is 17.4 Å². The van der Waals surface area contributed by atoms with Gasteiger partial charge < -0.3 is 10.1 Å². The van der Waals surface area contributed by atoms with Crippen molar-refractivity contribution in [3.8, 4) is 0 Å². The van der Waals surface area contributed by atoms with E-state index in [2.05, 4.69) is 11.4 Å². The third kappa shape index (κ3) is 2.99. The Morgan fingerprint density at radius 2 is 2.15 bits per heavy atom. The topological polar surface area (TPSA) is 38.3 Å². The van der Waals surface area contributed by atoms with E-state index in [1.807, 2.05) is 12.1 Å². The van der Waals surface area contributed by atoms with Gasteiger partial charge in [-0.15, -0.1) is 11.6 Å². The van der Waals surface area contributed by atoms with Gasteiger partial charge in [-0.05, 0) is 49.3 Å². The van der Waals surface area contributed by atoms with Crippen LogP contribution in [-0.2, 0) is 16.0 Å². The lowest BCUT2D eigenvalue weighted by molar-refractivity contribution is -0.116. The molecule has 2 aliphatic rings. The molecular formula is C16H20ClNO2. The Morgan fingerprint density at radius 3 is 2.95 bits per heavy atom. The van der Waals surface area contributed by atoms with Crippen LogP contribution in [0.4, 0.5) is 5.69 Å². The maximum absolute atomic E-state index is 11.6. The van der Waals surface area contributed by atoms with Gasteiger partial charge in [0.2, 0.25) is 5.91 Å². The number of anilines is 1. The average Bonchev–Trinajstić information content (AvgIpc) is 2.67. The van der Waals surface area contributed by atoms with Gasteiger partial charge in [-0.1, -0.05) is 12.1 Å². The van der Waals surface area contributed by atoms with Gasteiger partial charge in [0.1, 0.15) is 0 Å². The molecular weight excluding hydrogens is 274 g/mol. The van der Waals surface area contributed by atoms with Crippen molar-refractivity contribution in [3.05, 3.63) is 29.3 Å². The molecule has 1 amide bonds. The van der Waals surface area contributed by atoms with Crippen LogP contribution in [0.2, 0.25) is 0 Å². The van der Waals surface area contributed by atoms with Gasteiger partial charge in [-0.25, -0.2) is 0 Å². The number of halogens is 1. The minimum atomic E-state index is -0.0976. The number of fused-ring (bicyclic) bond motifs is 1. The maximum Gasteiger partial charge on any atom is 0.224 e. The molecule has 0 radical (unpaired) electrons. The Hall–Kier alpha value is -1.06. The minimum Gasteiger partial charge on any atom is -0.376 e. The largest absolute Gasteiger partial charge is 0.376 e. The number of amides is 1. The van der Waals surface area contributed by atoms with Crippen molar-refractivity contribution < 1.29 is 9.53 Å². The standard InChI is InChI=1S/C16H20ClNO2/c17-16(14-5-1-2-9-20-14)12-7-8-13-11(10-12)4-3-6-15(19)18-13/h7-8,10,14,16H,1-6,9H2,(H,18,19). The predicted molar refractivity (Wildman–Crippen MR) is 80.2 cm³/mol. The number of alkyl halides is 1. The molecule has 2 aliphatic heterocycles. The van der Waals surface area contributed by atoms with Gasteiger partial charge >= 0.3 is 0 Å². The summed E-state index contributed by atoms with van der Waals surface area (Å²) in [7, 11) is 0. The molecule has 0 aromatic heterocycles. The summed E-state index contributed by atoms with van der Waals surface area (Å²) in [6.07, 6.45) is 5.89. The first kappa shape index (κ1) is 13.9. The van der Waals surface area contributed by atoms with Crippen LogP contribution >= 0.6 is 11.6 Å². The van der Waals surface area contributed by atoms with Gasteiger partial charge in [0, 0.05) is 18.7 Å². The van der Waals surface area contributed by atoms with Crippen molar-refractivity contribution >= 4 is 23.2 Å². The highest BCUT2D eigenvalue weighted by Gasteiger charge is 2.25. The molecule has 1 N–H and O–H groups in total. The van der Waals surface area contributed by atoms with Gasteiger partial charge in [-0.3, -0.25) is 4.79 Å². The van der Waals surface area contributed by atoms with Crippen LogP contribution in [0.1, 0.15) is 48.6 Å². The van der Waals surface area contributed by atoms with Gasteiger partial charge in [0.05, 0.1) is 11.5 Å². The SMILES string of the molecule is O=C1CCCc2cc(C(Cl)C3CCCCO3)ccc2N1. The Kier molecular flexibility index (Phi) is 4.27. The van der Waals surface area contributed by atoms with Crippen molar-refractivity contribution in [1.82, 2.24) is 0 Å². The average molecular weight is 294 g/mol. The first-order chi connectivity index (χ1) is 9.74. The third-order valence-electron chi connectivity index (χ3n) is 4.11. The lowest BCUT2D eigenvalue weighted by Gasteiger charge is -2.27. The summed E-state index contributed by atoms with van der Waals surface area (Å²) in [5.74, 6) is 0.106. The molecule has 0 bridgehead atoms. The number of benzene rings is 1. The van der Waals surface area contributed by atoms with E-state index in [4.69, 9.17) is 16.3 Å². The summed E-state index contributed by atoms with van der Waals surface area (Å²) >= 11 is 6.58. The normalized spacial score (nSPS) is 24.4. The van der Waals surface area contributed by atoms with Crippen LogP contribution in [0.25, 0.3) is 0 Å². The van der Waals surface area contributed by atoms with Crippen LogP contribution in [-0.4, -0.2) is 18.6 Å². The Labute approximate surface area is 124 Å². The van der Waals surface area contributed by atoms with Crippen LogP contribution in [0.15, 0.2) is 18.2 Å². The van der Waals surface area contributed by atoms with E-state index in [1.165, 1.54) is 12.0 Å². The molecule has 3 nitrogen and oxygen atoms in total. The van der Waals surface area contributed by atoms with Crippen molar-refractivity contribution in [3.63, 3.8) is 0 Å². The molecule has 3 rings (SSSR count). The molecule has 0 saturated carbocycles. The number of nitrogens with one attached hydrogen (secondary N) is 1. The smallest absolute Gasteiger partial charge is 0.224 e. The second-order valence-electron chi connectivity index (χ2n) is 5.63. The highest BCUT2D eigenvalue weighted by molar-refractivity contribution is 6.21. The Morgan fingerprint density at radius 1 is 1.25 bits per heavy atom. The van der Waals surface area contributed by atoms with E-state index >= 15 is 0 Å². The zero-order chi connectivity index (χ0) is 13.9. The first-order valence-corrected chi connectivity index (χ1v) is 7.86. The molecule has 4 heteroatoms. The molecule has 1 aromatic carbocycles. The maximum atomic E-state index is 11.6. The van der Waals surface area contributed by atoms with E-state index < -0.39 is 0 Å². The summed E-state index contributed by atoms with van der Waals surface area (Å²) in [4.78, 5) is 11.6. The van der Waals surface area contributed by atoms with E-state index in [9.17, 15) is 4.79 Å². The van der Waals surface area contributed by atoms with Crippen molar-refractivity contribution in [2.45, 2.75) is 50.0 Å². The molecule has 1 fully saturated rings. The molecule has 2 heterocycles. The highest BCUT2D eigenvalue weighted by atomic mass is 35.5. The second kappa shape index (κ2) is 6.15. The van der Waals surface area contributed by atoms with Gasteiger partial charge in [0.15, 0.2) is 0 Å². The van der Waals surface area contributed by atoms with E-state index in [0.29, 0.717) is 6.42 Å². The second-order valence-corrected chi connectivity index (χ2v) is 6.10. The van der Waals surface area contributed by atoms with Crippen LogP contribution in [0.3, 0.4) is 0 Å². The lowest BCUT2D eigenvalue weighted by Crippen LogP contribution is -2.23. The van der Waals surface area contributed by atoms with Crippen molar-refractivity contribution in [2.24, 2.45) is 0 Å². The molecule has 20 heavy (non-hydrogen) atoms. The predicted octanol–water partition coefficient (Wildman–Crippen LogP) is 3.81. The Bertz CT molecular complexity index is 497. The monoisotopic (exact) mass is 293 g/mol. The molecule has 1 aromatic rings. The number of carbonyl (C=O) groups is 1. The van der Waals surface area contributed by atoms with E-state index in [1.54, 1.807) is 0 Å². The van der Waals surface area contributed by atoms with E-state index in [0.717, 1.165) is 43.5 Å². The minimum absolute atomic E-state index is 0.0976. The number of hydrogen-bond acceptors (Lipinski definition) is 2. The molecule has 2 unspecified atom stereocenters. The number of ether oxygens (including phenoxy) is 1. The summed E-state index contributed by atoms with van der Waals surface area (Å²) in [6.45, 7) is 0.814. The lowest BCUT2D eigenvalue weighted by atomic mass is 9.97. The molecule has 1 saturated heterocycles. The summed E-state index contributed by atoms with van der Waals surface area (Å²) in [6, 6.07) is 6.13. The Balaban J connectivity index is 1.80. The summed E-state index contributed by atoms with van der Waals surface area (Å²) in [5, 5.41) is 2.86. The zero-order valence-electron chi connectivity index (χ0n) is 11.5. The van der Waals surface area contributed by atoms with Crippen LogP contribution < -0.4 is 5.32 Å². The van der Waals surface area contributed by atoms with Crippen LogP contribution in [0.5, 0.6) is 0 Å². The zero-order valence-corrected chi connectivity index (χ0v) is 12.3.